The van der Waals surface area contributed by atoms with E-state index in [1.807, 2.05) is 0 Å². The average molecular weight is 214 g/mol. The Morgan fingerprint density at radius 2 is 2.57 bits per heavy atom. The van der Waals surface area contributed by atoms with Crippen LogP contribution in [0.5, 0.6) is 0 Å². The van der Waals surface area contributed by atoms with Crippen molar-refractivity contribution in [3.63, 3.8) is 0 Å². The maximum absolute atomic E-state index is 8.90. The fraction of sp³-hybridized carbons (Fsp3) is 1.00. The van der Waals surface area contributed by atoms with Gasteiger partial charge in [-0.15, -0.1) is 0 Å². The van der Waals surface area contributed by atoms with Gasteiger partial charge in [0.15, 0.2) is 0 Å². The summed E-state index contributed by atoms with van der Waals surface area (Å²) < 4.78 is 4.31. The number of halogens is 1. The summed E-state index contributed by atoms with van der Waals surface area (Å²) in [5.74, 6) is 0. The predicted molar refractivity (Wildman–Crippen MR) is 23.5 cm³/mol. The molecule has 2 N–H and O–H groups in total. The molecule has 1 rings (SSSR count). The number of rotatable bonds is 0. The van der Waals surface area contributed by atoms with Crippen molar-refractivity contribution in [3.05, 3.63) is 0 Å². The fourth-order valence-electron chi connectivity index (χ4n) is 0.509. The zero-order chi connectivity index (χ0) is 5.11. The van der Waals surface area contributed by atoms with E-state index in [2.05, 4.69) is 3.53 Å². The Balaban J connectivity index is 2.12. The van der Waals surface area contributed by atoms with Crippen LogP contribution >= 0.6 is 0 Å². The molecule has 0 amide bonds. The van der Waals surface area contributed by atoms with Gasteiger partial charge in [0, 0.05) is 0 Å². The van der Waals surface area contributed by atoms with Gasteiger partial charge in [0.2, 0.25) is 0 Å². The van der Waals surface area contributed by atoms with E-state index in [4.69, 9.17) is 5.11 Å². The van der Waals surface area contributed by atoms with Crippen LogP contribution in [0.25, 0.3) is 0 Å². The third-order valence-electron chi connectivity index (χ3n) is 0.922. The molecular weight excluding hydrogens is 205 g/mol. The normalized spacial score (nSPS) is 34.1. The van der Waals surface area contributed by atoms with E-state index in [0.717, 1.165) is 17.4 Å². The molecule has 0 saturated carbocycles. The fourth-order valence-corrected chi connectivity index (χ4v) is 2.46. The molecule has 0 aromatic heterocycles. The first kappa shape index (κ1) is 5.78. The summed E-state index contributed by atoms with van der Waals surface area (Å²) in [6.07, 6.45) is 0.980. The predicted octanol–water partition coefficient (Wildman–Crippen LogP) is -3.66. The van der Waals surface area contributed by atoms with E-state index in [9.17, 15) is 0 Å². The summed E-state index contributed by atoms with van der Waals surface area (Å²) in [4.78, 5) is 0. The molecule has 0 aliphatic carbocycles. The summed E-state index contributed by atoms with van der Waals surface area (Å²) in [6.45, 7) is 1.04. The van der Waals surface area contributed by atoms with Gasteiger partial charge < -0.3 is 0 Å². The zero-order valence-electron chi connectivity index (χ0n) is 4.02. The second-order valence-electron chi connectivity index (χ2n) is 1.61. The van der Waals surface area contributed by atoms with Crippen LogP contribution in [-0.4, -0.2) is 22.2 Å². The third-order valence-corrected chi connectivity index (χ3v) is 3.46. The summed E-state index contributed by atoms with van der Waals surface area (Å²) in [5.41, 5.74) is 0. The molecule has 3 heteroatoms. The number of alkyl halides is 1. The number of hydrogen-bond donors (Lipinski definition) is 2. The van der Waals surface area contributed by atoms with Crippen LogP contribution in [0, 0.1) is 0 Å². The number of hydrogen-bond acceptors (Lipinski definition) is 2. The molecule has 1 fully saturated rings. The summed E-state index contributed by atoms with van der Waals surface area (Å²) >= 11 is 0.174. The van der Waals surface area contributed by atoms with Crippen LogP contribution in [-0.2, 0) is 0 Å². The number of aliphatic hydroxyl groups excluding tert-OH is 1. The van der Waals surface area contributed by atoms with E-state index in [0.29, 0.717) is 0 Å². The quantitative estimate of drug-likeness (QED) is 0.247. The van der Waals surface area contributed by atoms with E-state index >= 15 is 0 Å². The van der Waals surface area contributed by atoms with Gasteiger partial charge in [-0.2, -0.15) is 0 Å². The summed E-state index contributed by atoms with van der Waals surface area (Å²) in [7, 11) is 0. The van der Waals surface area contributed by atoms with E-state index in [1.165, 1.54) is 0 Å². The standard InChI is InChI=1S/C4H9INO/c7-4-1-2-6-5-3-4/h4,6-7H,1-3H2/q-1. The van der Waals surface area contributed by atoms with Crippen molar-refractivity contribution >= 4 is 0 Å². The molecule has 0 radical (unpaired) electrons. The van der Waals surface area contributed by atoms with E-state index in [-0.39, 0.29) is 27.6 Å². The molecule has 1 aliphatic rings. The topological polar surface area (TPSA) is 32.3 Å². The summed E-state index contributed by atoms with van der Waals surface area (Å²) in [5, 5.41) is 8.90. The van der Waals surface area contributed by atoms with Crippen molar-refractivity contribution in [3.8, 4) is 0 Å². The Kier molecular flexibility index (Phi) is 2.34. The van der Waals surface area contributed by atoms with Crippen LogP contribution < -0.4 is 25.0 Å². The van der Waals surface area contributed by atoms with Gasteiger partial charge in [-0.3, -0.25) is 0 Å². The Hall–Kier alpha value is 0.650. The molecule has 0 bridgehead atoms. The zero-order valence-corrected chi connectivity index (χ0v) is 6.18. The molecule has 1 atom stereocenters. The van der Waals surface area contributed by atoms with Crippen LogP contribution in [0.4, 0.5) is 0 Å². The minimum atomic E-state index is 0.0223. The first-order chi connectivity index (χ1) is 3.39. The van der Waals surface area contributed by atoms with E-state index < -0.39 is 0 Å². The van der Waals surface area contributed by atoms with Crippen LogP contribution in [0.15, 0.2) is 0 Å². The Bertz CT molecular complexity index is 53.7. The molecule has 1 aliphatic heterocycles. The SMILES string of the molecule is OC1CCN[I-]C1. The Morgan fingerprint density at radius 1 is 1.71 bits per heavy atom. The number of aliphatic hydroxyl groups is 1. The van der Waals surface area contributed by atoms with Crippen molar-refractivity contribution in [2.24, 2.45) is 0 Å². The molecule has 0 aromatic carbocycles. The van der Waals surface area contributed by atoms with Gasteiger partial charge in [-0.25, -0.2) is 0 Å². The Morgan fingerprint density at radius 3 is 2.86 bits per heavy atom. The molecule has 2 nitrogen and oxygen atoms in total. The first-order valence-corrected chi connectivity index (χ1v) is 4.99. The number of nitrogens with one attached hydrogen (secondary N) is 1. The van der Waals surface area contributed by atoms with Crippen LogP contribution in [0.1, 0.15) is 6.42 Å². The molecule has 0 aromatic rings. The molecular formula is C4H9INO-. The van der Waals surface area contributed by atoms with Gasteiger partial charge in [0.1, 0.15) is 0 Å². The second-order valence-corrected chi connectivity index (χ2v) is 4.02. The van der Waals surface area contributed by atoms with Crippen LogP contribution in [0.2, 0.25) is 0 Å². The average Bonchev–Trinajstić information content (AvgIpc) is 1.69. The molecule has 1 unspecified atom stereocenters. The van der Waals surface area contributed by atoms with Gasteiger partial charge >= 0.3 is 53.6 Å². The van der Waals surface area contributed by atoms with Crippen molar-refractivity contribution in [1.29, 1.82) is 0 Å². The van der Waals surface area contributed by atoms with Gasteiger partial charge in [0.25, 0.3) is 0 Å². The first-order valence-electron chi connectivity index (χ1n) is 2.38. The summed E-state index contributed by atoms with van der Waals surface area (Å²) in [6, 6.07) is 0. The molecule has 44 valence electrons. The van der Waals surface area contributed by atoms with Gasteiger partial charge in [-0.05, 0) is 0 Å². The monoisotopic (exact) mass is 214 g/mol. The van der Waals surface area contributed by atoms with E-state index in [1.54, 1.807) is 0 Å². The molecule has 1 saturated heterocycles. The van der Waals surface area contributed by atoms with Crippen molar-refractivity contribution in [2.75, 3.05) is 11.0 Å². The van der Waals surface area contributed by atoms with Gasteiger partial charge in [-0.1, -0.05) is 0 Å². The van der Waals surface area contributed by atoms with Crippen molar-refractivity contribution in [1.82, 2.24) is 3.53 Å². The van der Waals surface area contributed by atoms with Crippen LogP contribution in [0.3, 0.4) is 0 Å². The third kappa shape index (κ3) is 1.92. The van der Waals surface area contributed by atoms with Crippen molar-refractivity contribution < 1.29 is 26.6 Å². The van der Waals surface area contributed by atoms with Crippen molar-refractivity contribution in [2.45, 2.75) is 12.5 Å². The molecule has 1 heterocycles. The molecule has 7 heavy (non-hydrogen) atoms. The maximum atomic E-state index is 8.90. The second kappa shape index (κ2) is 2.84. The minimum absolute atomic E-state index is 0.0223. The van der Waals surface area contributed by atoms with Gasteiger partial charge in [0.05, 0.1) is 0 Å². The molecule has 0 spiro atoms. The Labute approximate surface area is 53.9 Å².